The molecule has 0 saturated heterocycles. The first kappa shape index (κ1) is 30.7. The Hall–Kier alpha value is -2.49. The van der Waals surface area contributed by atoms with Crippen molar-refractivity contribution in [3.05, 3.63) is 58.1 Å². The van der Waals surface area contributed by atoms with Crippen LogP contribution in [0.2, 0.25) is 10.0 Å². The quantitative estimate of drug-likeness (QED) is 0.369. The summed E-state index contributed by atoms with van der Waals surface area (Å²) in [7, 11) is -3.64. The summed E-state index contributed by atoms with van der Waals surface area (Å²) in [5.41, 5.74) is 1.13. The Bertz CT molecular complexity index is 1190. The molecule has 2 aromatic rings. The topological polar surface area (TPSA) is 96.0 Å². The molecule has 2 aromatic carbocycles. The summed E-state index contributed by atoms with van der Waals surface area (Å²) < 4.78 is 32.0. The number of ether oxygens (including phenoxy) is 1. The number of halogens is 2. The van der Waals surface area contributed by atoms with E-state index in [4.69, 9.17) is 27.9 Å². The Labute approximate surface area is 229 Å². The maximum Gasteiger partial charge on any atom is 0.242 e. The van der Waals surface area contributed by atoms with Crippen molar-refractivity contribution in [3.63, 3.8) is 0 Å². The maximum absolute atomic E-state index is 13.4. The standard InChI is InChI=1S/C26H35Cl2N3O5S/c1-6-36-24-11-8-7-10-23(24)31(37(5,34)35)15-9-12-25(32)30(19(4)26(33)29-18(2)3)17-20-13-14-21(27)22(28)16-20/h7-8,10-11,13-14,16,18-19H,6,9,12,15,17H2,1-5H3,(H,29,33). The lowest BCUT2D eigenvalue weighted by Gasteiger charge is -2.30. The van der Waals surface area contributed by atoms with Crippen molar-refractivity contribution >= 4 is 50.7 Å². The van der Waals surface area contributed by atoms with Crippen molar-refractivity contribution in [2.24, 2.45) is 0 Å². The first-order valence-electron chi connectivity index (χ1n) is 12.1. The van der Waals surface area contributed by atoms with E-state index < -0.39 is 16.1 Å². The maximum atomic E-state index is 13.4. The number of benzene rings is 2. The Kier molecular flexibility index (Phi) is 11.5. The minimum Gasteiger partial charge on any atom is -0.492 e. The second-order valence-electron chi connectivity index (χ2n) is 8.95. The highest BCUT2D eigenvalue weighted by Crippen LogP contribution is 2.30. The van der Waals surface area contributed by atoms with Crippen molar-refractivity contribution in [1.29, 1.82) is 0 Å². The molecule has 0 spiro atoms. The molecule has 11 heteroatoms. The Morgan fingerprint density at radius 3 is 2.32 bits per heavy atom. The van der Waals surface area contributed by atoms with E-state index in [1.807, 2.05) is 20.8 Å². The third-order valence-corrected chi connectivity index (χ3v) is 7.44. The van der Waals surface area contributed by atoms with Gasteiger partial charge >= 0.3 is 0 Å². The van der Waals surface area contributed by atoms with Crippen LogP contribution in [0.5, 0.6) is 5.75 Å². The molecule has 0 aliphatic carbocycles. The number of anilines is 1. The average molecular weight is 573 g/mol. The summed E-state index contributed by atoms with van der Waals surface area (Å²) in [6, 6.07) is 11.1. The Morgan fingerprint density at radius 2 is 1.73 bits per heavy atom. The predicted octanol–water partition coefficient (Wildman–Crippen LogP) is 4.88. The molecule has 0 heterocycles. The largest absolute Gasteiger partial charge is 0.492 e. The van der Waals surface area contributed by atoms with Crippen molar-refractivity contribution in [2.45, 2.75) is 59.2 Å². The van der Waals surface area contributed by atoms with Gasteiger partial charge in [-0.05, 0) is 63.9 Å². The normalized spacial score (nSPS) is 12.2. The summed E-state index contributed by atoms with van der Waals surface area (Å²) in [4.78, 5) is 27.6. The van der Waals surface area contributed by atoms with Crippen LogP contribution < -0.4 is 14.4 Å². The molecule has 8 nitrogen and oxygen atoms in total. The fourth-order valence-electron chi connectivity index (χ4n) is 3.75. The number of nitrogens with zero attached hydrogens (tertiary/aromatic N) is 2. The molecule has 37 heavy (non-hydrogen) atoms. The summed E-state index contributed by atoms with van der Waals surface area (Å²) in [5, 5.41) is 3.58. The summed E-state index contributed by atoms with van der Waals surface area (Å²) >= 11 is 12.2. The Morgan fingerprint density at radius 1 is 1.05 bits per heavy atom. The number of carbonyl (C=O) groups excluding carboxylic acids is 2. The van der Waals surface area contributed by atoms with Gasteiger partial charge in [-0.25, -0.2) is 8.42 Å². The van der Waals surface area contributed by atoms with Gasteiger partial charge in [-0.1, -0.05) is 41.4 Å². The van der Waals surface area contributed by atoms with Crippen molar-refractivity contribution in [1.82, 2.24) is 10.2 Å². The number of carbonyl (C=O) groups is 2. The lowest BCUT2D eigenvalue weighted by Crippen LogP contribution is -2.49. The van der Waals surface area contributed by atoms with E-state index in [1.54, 1.807) is 49.4 Å². The van der Waals surface area contributed by atoms with Crippen molar-refractivity contribution in [3.8, 4) is 5.75 Å². The van der Waals surface area contributed by atoms with Crippen LogP contribution in [-0.4, -0.2) is 56.6 Å². The van der Waals surface area contributed by atoms with E-state index in [0.29, 0.717) is 28.1 Å². The first-order valence-corrected chi connectivity index (χ1v) is 14.7. The van der Waals surface area contributed by atoms with Gasteiger partial charge in [0.25, 0.3) is 0 Å². The minimum atomic E-state index is -3.64. The van der Waals surface area contributed by atoms with Crippen LogP contribution in [0, 0.1) is 0 Å². The molecule has 1 N–H and O–H groups in total. The van der Waals surface area contributed by atoms with E-state index in [-0.39, 0.29) is 43.8 Å². The van der Waals surface area contributed by atoms with Crippen LogP contribution in [0.3, 0.4) is 0 Å². The lowest BCUT2D eigenvalue weighted by atomic mass is 10.1. The molecule has 2 amide bonds. The van der Waals surface area contributed by atoms with E-state index in [9.17, 15) is 18.0 Å². The fraction of sp³-hybridized carbons (Fsp3) is 0.462. The number of para-hydroxylation sites is 2. The molecule has 0 aliphatic rings. The van der Waals surface area contributed by atoms with E-state index in [2.05, 4.69) is 5.32 Å². The second kappa shape index (κ2) is 13.9. The van der Waals surface area contributed by atoms with Gasteiger partial charge in [0.1, 0.15) is 11.8 Å². The van der Waals surface area contributed by atoms with Gasteiger partial charge in [0.15, 0.2) is 0 Å². The molecule has 1 unspecified atom stereocenters. The monoisotopic (exact) mass is 571 g/mol. The number of nitrogens with one attached hydrogen (secondary N) is 1. The van der Waals surface area contributed by atoms with Crippen LogP contribution in [0.25, 0.3) is 0 Å². The molecule has 0 aromatic heterocycles. The van der Waals surface area contributed by atoms with Gasteiger partial charge in [-0.15, -0.1) is 0 Å². The lowest BCUT2D eigenvalue weighted by molar-refractivity contribution is -0.140. The summed E-state index contributed by atoms with van der Waals surface area (Å²) in [5.74, 6) is -0.127. The predicted molar refractivity (Wildman–Crippen MR) is 149 cm³/mol. The van der Waals surface area contributed by atoms with E-state index >= 15 is 0 Å². The molecule has 2 rings (SSSR count). The zero-order chi connectivity index (χ0) is 27.8. The third-order valence-electron chi connectivity index (χ3n) is 5.52. The smallest absolute Gasteiger partial charge is 0.242 e. The van der Waals surface area contributed by atoms with Gasteiger partial charge in [0.05, 0.1) is 28.6 Å². The van der Waals surface area contributed by atoms with Crippen LogP contribution in [0.15, 0.2) is 42.5 Å². The fourth-order valence-corrected chi connectivity index (χ4v) is 5.04. The minimum absolute atomic E-state index is 0.0312. The Balaban J connectivity index is 2.23. The molecule has 1 atom stereocenters. The number of sulfonamides is 1. The van der Waals surface area contributed by atoms with Crippen LogP contribution in [0.1, 0.15) is 46.1 Å². The molecule has 0 fully saturated rings. The highest BCUT2D eigenvalue weighted by atomic mass is 35.5. The molecule has 204 valence electrons. The SMILES string of the molecule is CCOc1ccccc1N(CCCC(=O)N(Cc1ccc(Cl)c(Cl)c1)C(C)C(=O)NC(C)C)S(C)(=O)=O. The zero-order valence-corrected chi connectivity index (χ0v) is 24.2. The highest BCUT2D eigenvalue weighted by molar-refractivity contribution is 7.92. The number of hydrogen-bond acceptors (Lipinski definition) is 5. The highest BCUT2D eigenvalue weighted by Gasteiger charge is 2.27. The molecular weight excluding hydrogens is 537 g/mol. The molecule has 0 aliphatic heterocycles. The van der Waals surface area contributed by atoms with Gasteiger partial charge < -0.3 is 15.0 Å². The number of hydrogen-bond donors (Lipinski definition) is 1. The van der Waals surface area contributed by atoms with E-state index in [0.717, 1.165) is 11.8 Å². The van der Waals surface area contributed by atoms with Gasteiger partial charge in [-0.3, -0.25) is 13.9 Å². The molecular formula is C26H35Cl2N3O5S. The molecule has 0 bridgehead atoms. The third kappa shape index (κ3) is 9.09. The summed E-state index contributed by atoms with van der Waals surface area (Å²) in [6.07, 6.45) is 1.39. The summed E-state index contributed by atoms with van der Waals surface area (Å²) in [6.45, 7) is 7.76. The molecule has 0 saturated carbocycles. The number of amides is 2. The molecule has 0 radical (unpaired) electrons. The van der Waals surface area contributed by atoms with E-state index in [1.165, 1.54) is 9.21 Å². The zero-order valence-electron chi connectivity index (χ0n) is 21.8. The van der Waals surface area contributed by atoms with Crippen molar-refractivity contribution in [2.75, 3.05) is 23.7 Å². The second-order valence-corrected chi connectivity index (χ2v) is 11.7. The number of rotatable bonds is 13. The average Bonchev–Trinajstić information content (AvgIpc) is 2.81. The first-order chi connectivity index (χ1) is 17.3. The van der Waals surface area contributed by atoms with Crippen LogP contribution in [-0.2, 0) is 26.2 Å². The van der Waals surface area contributed by atoms with Crippen molar-refractivity contribution < 1.29 is 22.7 Å². The van der Waals surface area contributed by atoms with Gasteiger partial charge in [-0.2, -0.15) is 0 Å². The van der Waals surface area contributed by atoms with Gasteiger partial charge in [0, 0.05) is 25.6 Å². The van der Waals surface area contributed by atoms with Gasteiger partial charge in [0.2, 0.25) is 21.8 Å². The van der Waals surface area contributed by atoms with Crippen LogP contribution in [0.4, 0.5) is 5.69 Å². The van der Waals surface area contributed by atoms with Crippen LogP contribution >= 0.6 is 23.2 Å².